The molecule has 0 aliphatic carbocycles. The van der Waals surface area contributed by atoms with Crippen LogP contribution in [-0.2, 0) is 14.8 Å². The van der Waals surface area contributed by atoms with Gasteiger partial charge in [-0.2, -0.15) is 9.98 Å². The van der Waals surface area contributed by atoms with Crippen LogP contribution in [0.15, 0.2) is 53.4 Å². The minimum Gasteiger partial charge on any atom is -0.497 e. The first-order chi connectivity index (χ1) is 11.9. The minimum absolute atomic E-state index is 0.0272. The lowest BCUT2D eigenvalue weighted by molar-refractivity contribution is -0.117. The summed E-state index contributed by atoms with van der Waals surface area (Å²) in [5.41, 5.74) is 0.809. The number of sulfonamides is 1. The molecule has 0 bridgehead atoms. The van der Waals surface area contributed by atoms with Crippen LogP contribution in [0, 0.1) is 11.3 Å². The molecule has 2 aromatic rings. The molecule has 0 radical (unpaired) electrons. The number of carbonyl (C=O) groups excluding carboxylic acids is 1. The largest absolute Gasteiger partial charge is 0.497 e. The van der Waals surface area contributed by atoms with Gasteiger partial charge in [0.2, 0.25) is 15.9 Å². The van der Waals surface area contributed by atoms with Gasteiger partial charge in [0.1, 0.15) is 5.75 Å². The number of nitriles is 1. The summed E-state index contributed by atoms with van der Waals surface area (Å²) in [5, 5.41) is 11.4. The first-order valence-corrected chi connectivity index (χ1v) is 8.81. The highest BCUT2D eigenvalue weighted by Gasteiger charge is 2.22. The maximum absolute atomic E-state index is 12.3. The van der Waals surface area contributed by atoms with Gasteiger partial charge in [-0.15, -0.1) is 0 Å². The number of nitrogens with one attached hydrogen (secondary N) is 2. The molecular weight excluding hydrogens is 342 g/mol. The topological polar surface area (TPSA) is 108 Å². The Morgan fingerprint density at radius 1 is 1.20 bits per heavy atom. The number of hydrogen-bond acceptors (Lipinski definition) is 5. The van der Waals surface area contributed by atoms with Crippen LogP contribution in [-0.4, -0.2) is 27.5 Å². The van der Waals surface area contributed by atoms with Gasteiger partial charge in [-0.25, -0.2) is 8.42 Å². The third-order valence-electron chi connectivity index (χ3n) is 3.35. The molecule has 1 amide bonds. The Labute approximate surface area is 146 Å². The Morgan fingerprint density at radius 2 is 1.88 bits per heavy atom. The number of methoxy groups -OCH3 is 1. The number of benzene rings is 2. The van der Waals surface area contributed by atoms with Crippen molar-refractivity contribution in [3.63, 3.8) is 0 Å². The maximum atomic E-state index is 12.3. The molecule has 0 aliphatic rings. The monoisotopic (exact) mass is 359 g/mol. The highest BCUT2D eigenvalue weighted by atomic mass is 32.2. The average Bonchev–Trinajstić information content (AvgIpc) is 2.61. The van der Waals surface area contributed by atoms with E-state index in [2.05, 4.69) is 10.0 Å². The molecule has 0 aromatic heterocycles. The number of hydrogen-bond donors (Lipinski definition) is 2. The van der Waals surface area contributed by atoms with Crippen LogP contribution in [0.5, 0.6) is 5.75 Å². The SMILES string of the molecule is COc1ccc(S(=O)(=O)N[C@@H](C)C(=O)Nc2cccc(C#N)c2)cc1. The van der Waals surface area contributed by atoms with Crippen LogP contribution in [0.3, 0.4) is 0 Å². The molecule has 130 valence electrons. The third kappa shape index (κ3) is 4.79. The van der Waals surface area contributed by atoms with Crippen molar-refractivity contribution in [2.75, 3.05) is 12.4 Å². The van der Waals surface area contributed by atoms with Crippen molar-refractivity contribution >= 4 is 21.6 Å². The number of rotatable bonds is 6. The first kappa shape index (κ1) is 18.4. The summed E-state index contributed by atoms with van der Waals surface area (Å²) in [6.07, 6.45) is 0. The smallest absolute Gasteiger partial charge is 0.242 e. The van der Waals surface area contributed by atoms with Crippen molar-refractivity contribution < 1.29 is 17.9 Å². The summed E-state index contributed by atoms with van der Waals surface area (Å²) >= 11 is 0. The van der Waals surface area contributed by atoms with E-state index in [4.69, 9.17) is 10.00 Å². The van der Waals surface area contributed by atoms with E-state index in [1.54, 1.807) is 18.2 Å². The number of anilines is 1. The number of carbonyl (C=O) groups is 1. The van der Waals surface area contributed by atoms with Gasteiger partial charge in [-0.3, -0.25) is 4.79 Å². The lowest BCUT2D eigenvalue weighted by Gasteiger charge is -2.15. The molecule has 0 saturated carbocycles. The molecule has 0 aliphatic heterocycles. The third-order valence-corrected chi connectivity index (χ3v) is 4.91. The highest BCUT2D eigenvalue weighted by Crippen LogP contribution is 2.16. The lowest BCUT2D eigenvalue weighted by Crippen LogP contribution is -2.41. The van der Waals surface area contributed by atoms with Crippen molar-refractivity contribution in [2.45, 2.75) is 17.9 Å². The van der Waals surface area contributed by atoms with Crippen molar-refractivity contribution in [3.05, 3.63) is 54.1 Å². The van der Waals surface area contributed by atoms with Crippen molar-refractivity contribution in [1.29, 1.82) is 5.26 Å². The summed E-state index contributed by atoms with van der Waals surface area (Å²) in [7, 11) is -2.37. The fourth-order valence-electron chi connectivity index (χ4n) is 2.03. The Balaban J connectivity index is 2.07. The average molecular weight is 359 g/mol. The quantitative estimate of drug-likeness (QED) is 0.818. The van der Waals surface area contributed by atoms with E-state index in [9.17, 15) is 13.2 Å². The Morgan fingerprint density at radius 3 is 2.48 bits per heavy atom. The predicted octanol–water partition coefficient (Wildman–Crippen LogP) is 1.87. The standard InChI is InChI=1S/C17H17N3O4S/c1-12(17(21)19-14-5-3-4-13(10-14)11-18)20-25(22,23)16-8-6-15(24-2)7-9-16/h3-10,12,20H,1-2H3,(H,19,21)/t12-/m0/s1. The lowest BCUT2D eigenvalue weighted by atomic mass is 10.2. The number of nitrogens with zero attached hydrogens (tertiary/aromatic N) is 1. The van der Waals surface area contributed by atoms with Gasteiger partial charge in [-0.05, 0) is 49.4 Å². The molecule has 0 saturated heterocycles. The molecule has 0 heterocycles. The second-order valence-corrected chi connectivity index (χ2v) is 6.91. The normalized spacial score (nSPS) is 12.0. The van der Waals surface area contributed by atoms with Crippen LogP contribution in [0.25, 0.3) is 0 Å². The fourth-order valence-corrected chi connectivity index (χ4v) is 3.23. The van der Waals surface area contributed by atoms with Crippen LogP contribution < -0.4 is 14.8 Å². The zero-order valence-corrected chi connectivity index (χ0v) is 14.5. The second-order valence-electron chi connectivity index (χ2n) is 5.20. The maximum Gasteiger partial charge on any atom is 0.242 e. The molecule has 0 unspecified atom stereocenters. The van der Waals surface area contributed by atoms with Crippen LogP contribution >= 0.6 is 0 Å². The van der Waals surface area contributed by atoms with E-state index in [-0.39, 0.29) is 4.90 Å². The summed E-state index contributed by atoms with van der Waals surface area (Å²) < 4.78 is 31.9. The molecular formula is C17H17N3O4S. The summed E-state index contributed by atoms with van der Waals surface area (Å²) in [4.78, 5) is 12.2. The molecule has 0 spiro atoms. The van der Waals surface area contributed by atoms with Gasteiger partial charge < -0.3 is 10.1 Å². The molecule has 2 rings (SSSR count). The summed E-state index contributed by atoms with van der Waals surface area (Å²) in [6.45, 7) is 1.44. The predicted molar refractivity (Wildman–Crippen MR) is 92.6 cm³/mol. The zero-order chi connectivity index (χ0) is 18.4. The van der Waals surface area contributed by atoms with Crippen molar-refractivity contribution in [3.8, 4) is 11.8 Å². The van der Waals surface area contributed by atoms with Crippen LogP contribution in [0.1, 0.15) is 12.5 Å². The van der Waals surface area contributed by atoms with Gasteiger partial charge in [-0.1, -0.05) is 6.07 Å². The molecule has 7 nitrogen and oxygen atoms in total. The Bertz CT molecular complexity index is 902. The number of ether oxygens (including phenoxy) is 1. The van der Waals surface area contributed by atoms with Crippen LogP contribution in [0.4, 0.5) is 5.69 Å². The van der Waals surface area contributed by atoms with Gasteiger partial charge in [0, 0.05) is 5.69 Å². The summed E-state index contributed by atoms with van der Waals surface area (Å²) in [6, 6.07) is 13.1. The first-order valence-electron chi connectivity index (χ1n) is 7.33. The van der Waals surface area contributed by atoms with E-state index in [1.165, 1.54) is 44.4 Å². The molecule has 1 atom stereocenters. The van der Waals surface area contributed by atoms with Gasteiger partial charge in [0.25, 0.3) is 0 Å². The second kappa shape index (κ2) is 7.79. The molecule has 8 heteroatoms. The zero-order valence-electron chi connectivity index (χ0n) is 13.7. The van der Waals surface area contributed by atoms with E-state index in [0.717, 1.165) is 0 Å². The van der Waals surface area contributed by atoms with Gasteiger partial charge in [0.05, 0.1) is 29.7 Å². The van der Waals surface area contributed by atoms with Gasteiger partial charge >= 0.3 is 0 Å². The minimum atomic E-state index is -3.85. The van der Waals surface area contributed by atoms with Crippen molar-refractivity contribution in [2.24, 2.45) is 0 Å². The number of amides is 1. The summed E-state index contributed by atoms with van der Waals surface area (Å²) in [5.74, 6) is -0.00528. The Hall–Kier alpha value is -2.89. The Kier molecular flexibility index (Phi) is 5.75. The van der Waals surface area contributed by atoms with Crippen molar-refractivity contribution in [1.82, 2.24) is 4.72 Å². The molecule has 0 fully saturated rings. The van der Waals surface area contributed by atoms with E-state index >= 15 is 0 Å². The van der Waals surface area contributed by atoms with Gasteiger partial charge in [0.15, 0.2) is 0 Å². The fraction of sp³-hybridized carbons (Fsp3) is 0.176. The van der Waals surface area contributed by atoms with E-state index in [0.29, 0.717) is 17.0 Å². The van der Waals surface area contributed by atoms with E-state index < -0.39 is 22.0 Å². The van der Waals surface area contributed by atoms with Crippen LogP contribution in [0.2, 0.25) is 0 Å². The highest BCUT2D eigenvalue weighted by molar-refractivity contribution is 7.89. The molecule has 2 N–H and O–H groups in total. The molecule has 25 heavy (non-hydrogen) atoms. The van der Waals surface area contributed by atoms with E-state index in [1.807, 2.05) is 6.07 Å². The molecule has 2 aromatic carbocycles.